The summed E-state index contributed by atoms with van der Waals surface area (Å²) in [7, 11) is 1.57. The van der Waals surface area contributed by atoms with E-state index in [0.717, 1.165) is 0 Å². The lowest BCUT2D eigenvalue weighted by Crippen LogP contribution is -2.08. The van der Waals surface area contributed by atoms with Crippen LogP contribution < -0.4 is 4.74 Å². The number of hydrogen-bond acceptors (Lipinski definition) is 2. The van der Waals surface area contributed by atoms with Crippen LogP contribution in [0.25, 0.3) is 0 Å². The standard InChI is InChI=1S/C8H12F2N2O/c1-5(2)6-4-11-12(3)7(6)13-8(9)10/h4-5,8H,1-3H3. The molecular formula is C8H12F2N2O. The van der Waals surface area contributed by atoms with Crippen molar-refractivity contribution in [2.75, 3.05) is 0 Å². The summed E-state index contributed by atoms with van der Waals surface area (Å²) in [5.41, 5.74) is 0.697. The number of aromatic nitrogens is 2. The van der Waals surface area contributed by atoms with Gasteiger partial charge in [-0.3, -0.25) is 0 Å². The van der Waals surface area contributed by atoms with E-state index in [1.807, 2.05) is 13.8 Å². The minimum Gasteiger partial charge on any atom is -0.417 e. The highest BCUT2D eigenvalue weighted by molar-refractivity contribution is 5.27. The van der Waals surface area contributed by atoms with Gasteiger partial charge < -0.3 is 4.74 Å². The molecule has 0 aliphatic rings. The van der Waals surface area contributed by atoms with Crippen LogP contribution in [0.3, 0.4) is 0 Å². The Morgan fingerprint density at radius 2 is 2.08 bits per heavy atom. The number of nitrogens with zero attached hydrogens (tertiary/aromatic N) is 2. The number of halogens is 2. The van der Waals surface area contributed by atoms with E-state index in [4.69, 9.17) is 0 Å². The van der Waals surface area contributed by atoms with E-state index in [-0.39, 0.29) is 11.8 Å². The van der Waals surface area contributed by atoms with Crippen molar-refractivity contribution in [3.8, 4) is 5.88 Å². The van der Waals surface area contributed by atoms with Crippen LogP contribution in [0.4, 0.5) is 8.78 Å². The molecule has 13 heavy (non-hydrogen) atoms. The first-order chi connectivity index (χ1) is 6.02. The molecule has 0 saturated carbocycles. The van der Waals surface area contributed by atoms with E-state index in [2.05, 4.69) is 9.84 Å². The normalized spacial score (nSPS) is 11.3. The van der Waals surface area contributed by atoms with Gasteiger partial charge in [-0.1, -0.05) is 13.8 Å². The first-order valence-electron chi connectivity index (χ1n) is 3.99. The highest BCUT2D eigenvalue weighted by Crippen LogP contribution is 2.26. The summed E-state index contributed by atoms with van der Waals surface area (Å²) in [5, 5.41) is 3.85. The van der Waals surface area contributed by atoms with Crippen molar-refractivity contribution in [2.45, 2.75) is 26.4 Å². The van der Waals surface area contributed by atoms with E-state index < -0.39 is 6.61 Å². The predicted octanol–water partition coefficient (Wildman–Crippen LogP) is 2.14. The van der Waals surface area contributed by atoms with Crippen LogP contribution in [0.15, 0.2) is 6.20 Å². The summed E-state index contributed by atoms with van der Waals surface area (Å²) in [5.74, 6) is 0.271. The summed E-state index contributed by atoms with van der Waals surface area (Å²) < 4.78 is 29.6. The number of hydrogen-bond donors (Lipinski definition) is 0. The maximum atomic E-state index is 12.0. The summed E-state index contributed by atoms with van der Waals surface area (Å²) >= 11 is 0. The Morgan fingerprint density at radius 3 is 2.54 bits per heavy atom. The second-order valence-electron chi connectivity index (χ2n) is 3.06. The molecule has 1 aromatic rings. The van der Waals surface area contributed by atoms with Crippen LogP contribution in [-0.4, -0.2) is 16.4 Å². The quantitative estimate of drug-likeness (QED) is 0.730. The largest absolute Gasteiger partial charge is 0.417 e. The first kappa shape index (κ1) is 9.95. The van der Waals surface area contributed by atoms with Crippen molar-refractivity contribution in [3.63, 3.8) is 0 Å². The van der Waals surface area contributed by atoms with Crippen molar-refractivity contribution in [3.05, 3.63) is 11.8 Å². The van der Waals surface area contributed by atoms with Gasteiger partial charge in [0.1, 0.15) is 0 Å². The van der Waals surface area contributed by atoms with Crippen LogP contribution >= 0.6 is 0 Å². The molecule has 0 saturated heterocycles. The lowest BCUT2D eigenvalue weighted by molar-refractivity contribution is -0.0560. The smallest absolute Gasteiger partial charge is 0.388 e. The van der Waals surface area contributed by atoms with Crippen LogP contribution in [0.2, 0.25) is 0 Å². The highest BCUT2D eigenvalue weighted by Gasteiger charge is 2.16. The maximum Gasteiger partial charge on any atom is 0.388 e. The Morgan fingerprint density at radius 1 is 1.46 bits per heavy atom. The Bertz CT molecular complexity index is 284. The third kappa shape index (κ3) is 2.17. The molecule has 0 aromatic carbocycles. The van der Waals surface area contributed by atoms with Crippen LogP contribution in [-0.2, 0) is 7.05 Å². The van der Waals surface area contributed by atoms with E-state index >= 15 is 0 Å². The Hall–Kier alpha value is -1.13. The molecule has 74 valence electrons. The monoisotopic (exact) mass is 190 g/mol. The minimum absolute atomic E-state index is 0.127. The molecule has 0 unspecified atom stereocenters. The van der Waals surface area contributed by atoms with Crippen molar-refractivity contribution < 1.29 is 13.5 Å². The average molecular weight is 190 g/mol. The Balaban J connectivity index is 2.94. The molecule has 1 heterocycles. The number of ether oxygens (including phenoxy) is 1. The van der Waals surface area contributed by atoms with Gasteiger partial charge >= 0.3 is 6.61 Å². The topological polar surface area (TPSA) is 27.1 Å². The van der Waals surface area contributed by atoms with Gasteiger partial charge in [0.25, 0.3) is 0 Å². The van der Waals surface area contributed by atoms with Crippen molar-refractivity contribution in [1.29, 1.82) is 0 Å². The van der Waals surface area contributed by atoms with Crippen molar-refractivity contribution in [2.24, 2.45) is 7.05 Å². The molecule has 0 aliphatic heterocycles. The second-order valence-corrected chi connectivity index (χ2v) is 3.06. The zero-order chi connectivity index (χ0) is 10.0. The fraction of sp³-hybridized carbons (Fsp3) is 0.625. The zero-order valence-electron chi connectivity index (χ0n) is 7.79. The van der Waals surface area contributed by atoms with Gasteiger partial charge in [0.2, 0.25) is 5.88 Å². The van der Waals surface area contributed by atoms with Gasteiger partial charge in [0.15, 0.2) is 0 Å². The molecule has 5 heteroatoms. The van der Waals surface area contributed by atoms with E-state index in [1.54, 1.807) is 13.2 Å². The van der Waals surface area contributed by atoms with Gasteiger partial charge in [0.05, 0.1) is 6.20 Å². The van der Waals surface area contributed by atoms with Gasteiger partial charge in [-0.15, -0.1) is 0 Å². The molecule has 0 bridgehead atoms. The van der Waals surface area contributed by atoms with Gasteiger partial charge in [-0.2, -0.15) is 13.9 Å². The van der Waals surface area contributed by atoms with E-state index in [1.165, 1.54) is 4.68 Å². The Kier molecular flexibility index (Phi) is 2.85. The predicted molar refractivity (Wildman–Crippen MR) is 43.9 cm³/mol. The van der Waals surface area contributed by atoms with Gasteiger partial charge in [-0.25, -0.2) is 4.68 Å². The first-order valence-corrected chi connectivity index (χ1v) is 3.99. The third-order valence-electron chi connectivity index (χ3n) is 1.73. The number of aryl methyl sites for hydroxylation is 1. The summed E-state index contributed by atoms with van der Waals surface area (Å²) in [6.07, 6.45) is 1.54. The molecule has 0 spiro atoms. The number of alkyl halides is 2. The molecule has 0 fully saturated rings. The summed E-state index contributed by atoms with van der Waals surface area (Å²) in [6.45, 7) is 0.998. The SMILES string of the molecule is CC(C)c1cnn(C)c1OC(F)F. The average Bonchev–Trinajstić information content (AvgIpc) is 2.32. The molecule has 0 amide bonds. The summed E-state index contributed by atoms with van der Waals surface area (Å²) in [6, 6.07) is 0. The lowest BCUT2D eigenvalue weighted by atomic mass is 10.1. The molecule has 3 nitrogen and oxygen atoms in total. The van der Waals surface area contributed by atoms with Crippen molar-refractivity contribution in [1.82, 2.24) is 9.78 Å². The lowest BCUT2D eigenvalue weighted by Gasteiger charge is -2.08. The third-order valence-corrected chi connectivity index (χ3v) is 1.73. The molecule has 0 radical (unpaired) electrons. The van der Waals surface area contributed by atoms with Gasteiger partial charge in [0, 0.05) is 12.6 Å². The zero-order valence-corrected chi connectivity index (χ0v) is 7.79. The second kappa shape index (κ2) is 3.72. The Labute approximate surface area is 75.3 Å². The van der Waals surface area contributed by atoms with Crippen LogP contribution in [0.1, 0.15) is 25.3 Å². The van der Waals surface area contributed by atoms with Crippen LogP contribution in [0, 0.1) is 0 Å². The number of rotatable bonds is 3. The molecule has 0 atom stereocenters. The van der Waals surface area contributed by atoms with Crippen molar-refractivity contribution >= 4 is 0 Å². The molecule has 1 rings (SSSR count). The van der Waals surface area contributed by atoms with Crippen LogP contribution in [0.5, 0.6) is 5.88 Å². The molecule has 0 aliphatic carbocycles. The molecule has 1 aromatic heterocycles. The minimum atomic E-state index is -2.80. The van der Waals surface area contributed by atoms with Gasteiger partial charge in [-0.05, 0) is 5.92 Å². The fourth-order valence-electron chi connectivity index (χ4n) is 1.07. The maximum absolute atomic E-state index is 12.0. The summed E-state index contributed by atoms with van der Waals surface area (Å²) in [4.78, 5) is 0. The molecule has 0 N–H and O–H groups in total. The van der Waals surface area contributed by atoms with E-state index in [9.17, 15) is 8.78 Å². The van der Waals surface area contributed by atoms with E-state index in [0.29, 0.717) is 5.56 Å². The fourth-order valence-corrected chi connectivity index (χ4v) is 1.07. The molecular weight excluding hydrogens is 178 g/mol. The highest BCUT2D eigenvalue weighted by atomic mass is 19.3.